The van der Waals surface area contributed by atoms with E-state index >= 15 is 0 Å². The fourth-order valence-electron chi connectivity index (χ4n) is 3.27. The van der Waals surface area contributed by atoms with Gasteiger partial charge >= 0.3 is 0 Å². The highest BCUT2D eigenvalue weighted by Crippen LogP contribution is 2.23. The number of hydrogen-bond acceptors (Lipinski definition) is 5. The molecule has 1 aromatic heterocycles. The van der Waals surface area contributed by atoms with Crippen LogP contribution in [0, 0.1) is 5.82 Å². The lowest BCUT2D eigenvalue weighted by molar-refractivity contribution is 0.0992. The number of anilines is 1. The minimum Gasteiger partial charge on any atom is -0.486 e. The molecule has 0 radical (unpaired) electrons. The largest absolute Gasteiger partial charge is 0.486 e. The summed E-state index contributed by atoms with van der Waals surface area (Å²) in [5.74, 6) is 0.0792. The summed E-state index contributed by atoms with van der Waals surface area (Å²) in [6.07, 6.45) is 1.70. The number of sulfonamides is 1. The molecule has 1 aliphatic rings. The lowest BCUT2D eigenvalue weighted by atomic mass is 10.3. The predicted octanol–water partition coefficient (Wildman–Crippen LogP) is 4.03. The third-order valence-corrected chi connectivity index (χ3v) is 6.77. The van der Waals surface area contributed by atoms with Gasteiger partial charge in [0.1, 0.15) is 23.9 Å². The second-order valence-electron chi connectivity index (χ2n) is 7.10. The first kappa shape index (κ1) is 21.1. The van der Waals surface area contributed by atoms with Crippen LogP contribution < -0.4 is 10.1 Å². The van der Waals surface area contributed by atoms with Crippen LogP contribution in [0.2, 0.25) is 0 Å². The second kappa shape index (κ2) is 8.91. The normalized spacial score (nSPS) is 14.5. The Morgan fingerprint density at radius 2 is 1.81 bits per heavy atom. The lowest BCUT2D eigenvalue weighted by Gasteiger charge is -2.16. The van der Waals surface area contributed by atoms with Crippen LogP contribution in [0.4, 0.5) is 10.1 Å². The number of ether oxygens (including phenoxy) is 1. The van der Waals surface area contributed by atoms with E-state index in [0.717, 1.165) is 12.8 Å². The maximum atomic E-state index is 12.9. The van der Waals surface area contributed by atoms with Gasteiger partial charge in [0.2, 0.25) is 10.0 Å². The van der Waals surface area contributed by atoms with E-state index in [9.17, 15) is 17.6 Å². The van der Waals surface area contributed by atoms with Crippen LogP contribution in [0.5, 0.6) is 5.75 Å². The monoisotopic (exact) mass is 444 g/mol. The van der Waals surface area contributed by atoms with Crippen molar-refractivity contribution in [2.45, 2.75) is 24.3 Å². The van der Waals surface area contributed by atoms with Crippen molar-refractivity contribution in [3.63, 3.8) is 0 Å². The highest BCUT2D eigenvalue weighted by molar-refractivity contribution is 7.89. The van der Waals surface area contributed by atoms with Crippen molar-refractivity contribution in [3.05, 3.63) is 78.0 Å². The molecule has 2 heterocycles. The molecule has 0 atom stereocenters. The number of nitrogens with one attached hydrogen (secondary N) is 1. The van der Waals surface area contributed by atoms with Gasteiger partial charge < -0.3 is 14.5 Å². The van der Waals surface area contributed by atoms with Crippen molar-refractivity contribution >= 4 is 21.6 Å². The van der Waals surface area contributed by atoms with Gasteiger partial charge in [0.05, 0.1) is 4.90 Å². The maximum absolute atomic E-state index is 12.9. The van der Waals surface area contributed by atoms with Gasteiger partial charge in [-0.15, -0.1) is 0 Å². The minimum absolute atomic E-state index is 0.0607. The van der Waals surface area contributed by atoms with Gasteiger partial charge in [-0.2, -0.15) is 4.31 Å². The lowest BCUT2D eigenvalue weighted by Crippen LogP contribution is -2.27. The van der Waals surface area contributed by atoms with E-state index in [4.69, 9.17) is 9.15 Å². The van der Waals surface area contributed by atoms with Gasteiger partial charge in [-0.25, -0.2) is 12.8 Å². The van der Waals surface area contributed by atoms with Crippen LogP contribution in [0.25, 0.3) is 0 Å². The molecule has 0 saturated carbocycles. The first-order valence-electron chi connectivity index (χ1n) is 9.80. The van der Waals surface area contributed by atoms with Crippen LogP contribution in [0.15, 0.2) is 70.0 Å². The number of rotatable bonds is 7. The van der Waals surface area contributed by atoms with E-state index < -0.39 is 15.9 Å². The van der Waals surface area contributed by atoms with Crippen LogP contribution in [0.1, 0.15) is 29.2 Å². The number of carbonyl (C=O) groups is 1. The molecule has 3 aromatic rings. The Bertz CT molecular complexity index is 1170. The molecule has 2 aromatic carbocycles. The zero-order valence-corrected chi connectivity index (χ0v) is 17.4. The van der Waals surface area contributed by atoms with Crippen LogP contribution >= 0.6 is 0 Å². The molecule has 0 bridgehead atoms. The van der Waals surface area contributed by atoms with Gasteiger partial charge in [0.25, 0.3) is 5.91 Å². The summed E-state index contributed by atoms with van der Waals surface area (Å²) in [7, 11) is -3.58. The molecule has 4 rings (SSSR count). The molecular weight excluding hydrogens is 423 g/mol. The average molecular weight is 444 g/mol. The zero-order chi connectivity index (χ0) is 21.8. The molecule has 0 aliphatic carbocycles. The van der Waals surface area contributed by atoms with Crippen molar-refractivity contribution in [2.24, 2.45) is 0 Å². The van der Waals surface area contributed by atoms with Gasteiger partial charge in [-0.1, -0.05) is 6.07 Å². The van der Waals surface area contributed by atoms with Crippen molar-refractivity contribution < 1.29 is 26.8 Å². The van der Waals surface area contributed by atoms with Crippen LogP contribution in [-0.4, -0.2) is 31.7 Å². The molecule has 0 unspecified atom stereocenters. The van der Waals surface area contributed by atoms with Crippen LogP contribution in [0.3, 0.4) is 0 Å². The molecule has 1 N–H and O–H groups in total. The highest BCUT2D eigenvalue weighted by Gasteiger charge is 2.27. The number of furan rings is 1. The summed E-state index contributed by atoms with van der Waals surface area (Å²) in [6.45, 7) is 1.09. The Morgan fingerprint density at radius 1 is 1.06 bits per heavy atom. The Kier molecular flexibility index (Phi) is 6.06. The minimum atomic E-state index is -3.58. The molecule has 7 nitrogen and oxygen atoms in total. The number of carbonyl (C=O) groups excluding carboxylic acids is 1. The topological polar surface area (TPSA) is 88.9 Å². The summed E-state index contributed by atoms with van der Waals surface area (Å²) < 4.78 is 50.8. The molecule has 1 aliphatic heterocycles. The van der Waals surface area contributed by atoms with E-state index in [1.54, 1.807) is 18.2 Å². The average Bonchev–Trinajstić information content (AvgIpc) is 3.46. The molecule has 31 heavy (non-hydrogen) atoms. The Hall–Kier alpha value is -3.17. The van der Waals surface area contributed by atoms with Gasteiger partial charge in [-0.05, 0) is 67.4 Å². The van der Waals surface area contributed by atoms with E-state index in [1.807, 2.05) is 0 Å². The standard InChI is InChI=1S/C22H21FN2O5S/c23-16-6-8-18(9-7-16)29-15-19-10-11-21(30-19)22(26)24-17-4-3-5-20(14-17)31(27,28)25-12-1-2-13-25/h3-11,14H,1-2,12-13,15H2,(H,24,26). The van der Waals surface area contributed by atoms with Gasteiger partial charge in [-0.3, -0.25) is 4.79 Å². The quantitative estimate of drug-likeness (QED) is 0.594. The molecule has 9 heteroatoms. The fourth-order valence-corrected chi connectivity index (χ4v) is 4.83. The molecule has 1 amide bonds. The number of halogens is 1. The molecule has 1 fully saturated rings. The Balaban J connectivity index is 1.40. The van der Waals surface area contributed by atoms with Crippen molar-refractivity contribution in [2.75, 3.05) is 18.4 Å². The van der Waals surface area contributed by atoms with Crippen molar-refractivity contribution in [3.8, 4) is 5.75 Å². The predicted molar refractivity (Wildman–Crippen MR) is 112 cm³/mol. The van der Waals surface area contributed by atoms with E-state index in [1.165, 1.54) is 46.8 Å². The summed E-state index contributed by atoms with van der Waals surface area (Å²) in [4.78, 5) is 12.6. The van der Waals surface area contributed by atoms with E-state index in [2.05, 4.69) is 5.32 Å². The first-order valence-corrected chi connectivity index (χ1v) is 11.2. The molecule has 162 valence electrons. The summed E-state index contributed by atoms with van der Waals surface area (Å²) >= 11 is 0. The smallest absolute Gasteiger partial charge is 0.291 e. The van der Waals surface area contributed by atoms with Gasteiger partial charge in [0, 0.05) is 18.8 Å². The van der Waals surface area contributed by atoms with Crippen molar-refractivity contribution in [1.29, 1.82) is 0 Å². The molecular formula is C22H21FN2O5S. The second-order valence-corrected chi connectivity index (χ2v) is 9.04. The first-order chi connectivity index (χ1) is 14.9. The Morgan fingerprint density at radius 3 is 2.55 bits per heavy atom. The van der Waals surface area contributed by atoms with Crippen LogP contribution in [-0.2, 0) is 16.6 Å². The fraction of sp³-hybridized carbons (Fsp3) is 0.227. The number of benzene rings is 2. The molecule has 1 saturated heterocycles. The molecule has 0 spiro atoms. The van der Waals surface area contributed by atoms with E-state index in [-0.39, 0.29) is 23.1 Å². The third-order valence-electron chi connectivity index (χ3n) is 4.87. The third kappa shape index (κ3) is 4.95. The summed E-state index contributed by atoms with van der Waals surface area (Å²) in [5, 5.41) is 2.66. The summed E-state index contributed by atoms with van der Waals surface area (Å²) in [5.41, 5.74) is 0.353. The number of amides is 1. The van der Waals surface area contributed by atoms with E-state index in [0.29, 0.717) is 30.3 Å². The zero-order valence-electron chi connectivity index (χ0n) is 16.6. The maximum Gasteiger partial charge on any atom is 0.291 e. The van der Waals surface area contributed by atoms with Crippen molar-refractivity contribution in [1.82, 2.24) is 4.31 Å². The Labute approximate surface area is 179 Å². The highest BCUT2D eigenvalue weighted by atomic mass is 32.2. The van der Waals surface area contributed by atoms with Gasteiger partial charge in [0.15, 0.2) is 5.76 Å². The number of hydrogen-bond donors (Lipinski definition) is 1. The number of nitrogens with zero attached hydrogens (tertiary/aromatic N) is 1. The SMILES string of the molecule is O=C(Nc1cccc(S(=O)(=O)N2CCCC2)c1)c1ccc(COc2ccc(F)cc2)o1. The summed E-state index contributed by atoms with van der Waals surface area (Å²) in [6, 6.07) is 14.8.